The normalized spacial score (nSPS) is 9.72. The van der Waals surface area contributed by atoms with Crippen molar-refractivity contribution in [2.75, 3.05) is 16.8 Å². The summed E-state index contributed by atoms with van der Waals surface area (Å²) in [6, 6.07) is 15.1. The molecule has 0 aliphatic rings. The van der Waals surface area contributed by atoms with E-state index in [0.29, 0.717) is 11.4 Å². The third kappa shape index (κ3) is 2.53. The fourth-order valence-electron chi connectivity index (χ4n) is 1.72. The van der Waals surface area contributed by atoms with E-state index in [0.717, 1.165) is 16.9 Å². The lowest BCUT2D eigenvalue weighted by atomic mass is 10.1. The molecule has 0 atom stereocenters. The van der Waals surface area contributed by atoms with Crippen molar-refractivity contribution in [2.45, 2.75) is 6.42 Å². The van der Waals surface area contributed by atoms with Crippen LogP contribution in [0.4, 0.5) is 22.7 Å². The van der Waals surface area contributed by atoms with Crippen LogP contribution in [0.15, 0.2) is 42.5 Å². The Morgan fingerprint density at radius 2 is 1.78 bits per heavy atom. The minimum Gasteiger partial charge on any atom is -0.399 e. The molecule has 0 spiro atoms. The Hall–Kier alpha value is -2.67. The Balaban J connectivity index is 2.31. The molecule has 5 N–H and O–H groups in total. The zero-order valence-corrected chi connectivity index (χ0v) is 9.85. The van der Waals surface area contributed by atoms with Crippen molar-refractivity contribution in [1.29, 1.82) is 5.26 Å². The molecule has 2 rings (SSSR count). The van der Waals surface area contributed by atoms with E-state index in [-0.39, 0.29) is 6.42 Å². The summed E-state index contributed by atoms with van der Waals surface area (Å²) < 4.78 is 0. The molecule has 2 aromatic carbocycles. The van der Waals surface area contributed by atoms with Crippen LogP contribution in [0.5, 0.6) is 0 Å². The van der Waals surface area contributed by atoms with Gasteiger partial charge in [0.05, 0.1) is 12.5 Å². The van der Waals surface area contributed by atoms with E-state index in [2.05, 4.69) is 11.4 Å². The first-order valence-electron chi connectivity index (χ1n) is 5.57. The van der Waals surface area contributed by atoms with Gasteiger partial charge in [-0.05, 0) is 36.4 Å². The van der Waals surface area contributed by atoms with Crippen LogP contribution in [0.2, 0.25) is 0 Å². The zero-order valence-electron chi connectivity index (χ0n) is 9.85. The Bertz CT molecular complexity index is 582. The summed E-state index contributed by atoms with van der Waals surface area (Å²) in [6.07, 6.45) is 0.282. The predicted molar refractivity (Wildman–Crippen MR) is 74.3 cm³/mol. The van der Waals surface area contributed by atoms with Crippen molar-refractivity contribution in [3.05, 3.63) is 48.0 Å². The first-order valence-corrected chi connectivity index (χ1v) is 5.57. The van der Waals surface area contributed by atoms with Gasteiger partial charge in [-0.2, -0.15) is 5.26 Å². The summed E-state index contributed by atoms with van der Waals surface area (Å²) in [7, 11) is 0. The monoisotopic (exact) mass is 238 g/mol. The van der Waals surface area contributed by atoms with Crippen molar-refractivity contribution in [1.82, 2.24) is 0 Å². The molecule has 0 fully saturated rings. The SMILES string of the molecule is N#CCc1c(N)cccc1Nc1ccc(N)cc1. The molecule has 0 saturated carbocycles. The van der Waals surface area contributed by atoms with Gasteiger partial charge in [-0.1, -0.05) is 6.07 Å². The number of nitriles is 1. The van der Waals surface area contributed by atoms with Crippen molar-refractivity contribution in [3.8, 4) is 6.07 Å². The Labute approximate surface area is 106 Å². The molecule has 18 heavy (non-hydrogen) atoms. The Morgan fingerprint density at radius 1 is 1.06 bits per heavy atom. The average molecular weight is 238 g/mol. The van der Waals surface area contributed by atoms with Gasteiger partial charge in [0.25, 0.3) is 0 Å². The van der Waals surface area contributed by atoms with E-state index >= 15 is 0 Å². The molecule has 2 aromatic rings. The van der Waals surface area contributed by atoms with Crippen LogP contribution in [0.1, 0.15) is 5.56 Å². The quantitative estimate of drug-likeness (QED) is 0.717. The molecule has 0 saturated heterocycles. The van der Waals surface area contributed by atoms with Crippen LogP contribution in [0.25, 0.3) is 0 Å². The number of anilines is 4. The summed E-state index contributed by atoms with van der Waals surface area (Å²) in [4.78, 5) is 0. The number of nitrogens with one attached hydrogen (secondary N) is 1. The van der Waals surface area contributed by atoms with E-state index in [9.17, 15) is 0 Å². The highest BCUT2D eigenvalue weighted by Crippen LogP contribution is 2.26. The van der Waals surface area contributed by atoms with Crippen LogP contribution in [0, 0.1) is 11.3 Å². The third-order valence-electron chi connectivity index (χ3n) is 2.66. The summed E-state index contributed by atoms with van der Waals surface area (Å²) in [5.41, 5.74) is 15.4. The topological polar surface area (TPSA) is 87.9 Å². The summed E-state index contributed by atoms with van der Waals surface area (Å²) in [5.74, 6) is 0. The van der Waals surface area contributed by atoms with Crippen LogP contribution < -0.4 is 16.8 Å². The first kappa shape index (κ1) is 11.8. The van der Waals surface area contributed by atoms with Gasteiger partial charge in [-0.15, -0.1) is 0 Å². The van der Waals surface area contributed by atoms with Crippen LogP contribution >= 0.6 is 0 Å². The van der Waals surface area contributed by atoms with E-state index in [1.54, 1.807) is 6.07 Å². The fourth-order valence-corrected chi connectivity index (χ4v) is 1.72. The smallest absolute Gasteiger partial charge is 0.0671 e. The minimum absolute atomic E-state index is 0.282. The number of benzene rings is 2. The van der Waals surface area contributed by atoms with Gasteiger partial charge < -0.3 is 16.8 Å². The first-order chi connectivity index (χ1) is 8.70. The highest BCUT2D eigenvalue weighted by atomic mass is 14.9. The lowest BCUT2D eigenvalue weighted by molar-refractivity contribution is 1.26. The third-order valence-corrected chi connectivity index (χ3v) is 2.66. The maximum absolute atomic E-state index is 8.82. The summed E-state index contributed by atoms with van der Waals surface area (Å²) in [6.45, 7) is 0. The van der Waals surface area contributed by atoms with Gasteiger partial charge in [0.2, 0.25) is 0 Å². The second kappa shape index (κ2) is 5.11. The highest BCUT2D eigenvalue weighted by Gasteiger charge is 2.06. The van der Waals surface area contributed by atoms with Gasteiger partial charge in [0.15, 0.2) is 0 Å². The molecule has 4 nitrogen and oxygen atoms in total. The molecule has 90 valence electrons. The molecule has 0 heterocycles. The van der Waals surface area contributed by atoms with Gasteiger partial charge >= 0.3 is 0 Å². The number of rotatable bonds is 3. The number of nitrogens with zero attached hydrogens (tertiary/aromatic N) is 1. The molecule has 0 aromatic heterocycles. The molecule has 4 heteroatoms. The average Bonchev–Trinajstić information content (AvgIpc) is 2.36. The van der Waals surface area contributed by atoms with Crippen molar-refractivity contribution in [2.24, 2.45) is 0 Å². The lowest BCUT2D eigenvalue weighted by Crippen LogP contribution is -2.00. The maximum Gasteiger partial charge on any atom is 0.0671 e. The van der Waals surface area contributed by atoms with Gasteiger partial charge in [0, 0.05) is 28.3 Å². The predicted octanol–water partition coefficient (Wildman–Crippen LogP) is 2.66. The molecule has 0 aliphatic carbocycles. The number of hydrogen-bond acceptors (Lipinski definition) is 4. The second-order valence-electron chi connectivity index (χ2n) is 3.96. The Morgan fingerprint density at radius 3 is 2.44 bits per heavy atom. The highest BCUT2D eigenvalue weighted by molar-refractivity contribution is 5.70. The molecular weight excluding hydrogens is 224 g/mol. The molecule has 0 unspecified atom stereocenters. The van der Waals surface area contributed by atoms with Crippen molar-refractivity contribution < 1.29 is 0 Å². The fraction of sp³-hybridized carbons (Fsp3) is 0.0714. The van der Waals surface area contributed by atoms with E-state index in [4.69, 9.17) is 16.7 Å². The largest absolute Gasteiger partial charge is 0.399 e. The zero-order chi connectivity index (χ0) is 13.0. The molecule has 0 aliphatic heterocycles. The number of nitrogens with two attached hydrogens (primary N) is 2. The number of nitrogen functional groups attached to an aromatic ring is 2. The van der Waals surface area contributed by atoms with Crippen LogP contribution in [0.3, 0.4) is 0 Å². The van der Waals surface area contributed by atoms with Gasteiger partial charge in [-0.3, -0.25) is 0 Å². The standard InChI is InChI=1S/C14H14N4/c15-9-8-12-13(17)2-1-3-14(12)18-11-6-4-10(16)5-7-11/h1-7,18H,8,16-17H2. The Kier molecular flexibility index (Phi) is 3.35. The molecule has 0 radical (unpaired) electrons. The van der Waals surface area contributed by atoms with Crippen molar-refractivity contribution in [3.63, 3.8) is 0 Å². The second-order valence-corrected chi connectivity index (χ2v) is 3.96. The van der Waals surface area contributed by atoms with Crippen molar-refractivity contribution >= 4 is 22.7 Å². The molecule has 0 amide bonds. The van der Waals surface area contributed by atoms with E-state index < -0.39 is 0 Å². The van der Waals surface area contributed by atoms with E-state index in [1.807, 2.05) is 36.4 Å². The molecular formula is C14H14N4. The van der Waals surface area contributed by atoms with E-state index in [1.165, 1.54) is 0 Å². The van der Waals surface area contributed by atoms with Gasteiger partial charge in [-0.25, -0.2) is 0 Å². The van der Waals surface area contributed by atoms with Crippen LogP contribution in [-0.2, 0) is 6.42 Å². The minimum atomic E-state index is 0.282. The summed E-state index contributed by atoms with van der Waals surface area (Å²) in [5, 5.41) is 12.1. The number of hydrogen-bond donors (Lipinski definition) is 3. The van der Waals surface area contributed by atoms with Crippen LogP contribution in [-0.4, -0.2) is 0 Å². The lowest BCUT2D eigenvalue weighted by Gasteiger charge is -2.12. The van der Waals surface area contributed by atoms with Gasteiger partial charge in [0.1, 0.15) is 0 Å². The molecule has 0 bridgehead atoms. The maximum atomic E-state index is 8.82. The summed E-state index contributed by atoms with van der Waals surface area (Å²) >= 11 is 0.